The molecule has 0 spiro atoms. The average Bonchev–Trinajstić information content (AvgIpc) is 2.99. The van der Waals surface area contributed by atoms with Gasteiger partial charge in [0.05, 0.1) is 5.69 Å². The monoisotopic (exact) mass is 332 g/mol. The summed E-state index contributed by atoms with van der Waals surface area (Å²) in [4.78, 5) is 13.2. The van der Waals surface area contributed by atoms with Gasteiger partial charge in [-0.15, -0.1) is 0 Å². The first-order chi connectivity index (χ1) is 11.2. The molecule has 128 valence electrons. The Morgan fingerprint density at radius 1 is 1.25 bits per heavy atom. The molecule has 4 rings (SSSR count). The van der Waals surface area contributed by atoms with Crippen molar-refractivity contribution in [3.63, 3.8) is 0 Å². The van der Waals surface area contributed by atoms with E-state index in [1.54, 1.807) is 0 Å². The lowest BCUT2D eigenvalue weighted by atomic mass is 9.70. The van der Waals surface area contributed by atoms with Crippen LogP contribution < -0.4 is 5.56 Å². The molecular formula is C19H22F2N2O. The Kier molecular flexibility index (Phi) is 2.98. The van der Waals surface area contributed by atoms with Gasteiger partial charge in [-0.25, -0.2) is 13.5 Å². The molecule has 1 heterocycles. The summed E-state index contributed by atoms with van der Waals surface area (Å²) in [6.45, 7) is 9.20. The number of nitrogens with zero attached hydrogens (tertiary/aromatic N) is 2. The zero-order chi connectivity index (χ0) is 17.4. The molecule has 2 aliphatic carbocycles. The predicted molar refractivity (Wildman–Crippen MR) is 88.7 cm³/mol. The van der Waals surface area contributed by atoms with Gasteiger partial charge in [-0.2, -0.15) is 0 Å². The molecule has 0 radical (unpaired) electrons. The number of hydrogen-bond donors (Lipinski definition) is 0. The molecule has 2 aromatic rings. The van der Waals surface area contributed by atoms with E-state index in [1.807, 2.05) is 11.6 Å². The second-order valence-electron chi connectivity index (χ2n) is 7.84. The van der Waals surface area contributed by atoms with E-state index in [9.17, 15) is 13.6 Å². The van der Waals surface area contributed by atoms with E-state index in [4.69, 9.17) is 0 Å². The zero-order valence-electron chi connectivity index (χ0n) is 14.5. The van der Waals surface area contributed by atoms with Crippen LogP contribution in [0, 0.1) is 17.0 Å². The predicted octanol–water partition coefficient (Wildman–Crippen LogP) is 4.11. The molecule has 0 N–H and O–H groups in total. The van der Waals surface area contributed by atoms with Gasteiger partial charge in [-0.1, -0.05) is 20.8 Å². The fourth-order valence-corrected chi connectivity index (χ4v) is 5.08. The van der Waals surface area contributed by atoms with Crippen LogP contribution in [-0.4, -0.2) is 9.36 Å². The van der Waals surface area contributed by atoms with Crippen LogP contribution in [0.4, 0.5) is 8.78 Å². The minimum absolute atomic E-state index is 0.0220. The Hall–Kier alpha value is -1.91. The van der Waals surface area contributed by atoms with Crippen molar-refractivity contribution < 1.29 is 8.78 Å². The minimum atomic E-state index is -0.709. The van der Waals surface area contributed by atoms with Crippen LogP contribution in [0.2, 0.25) is 0 Å². The summed E-state index contributed by atoms with van der Waals surface area (Å²) in [6.07, 6.45) is 2.03. The number of halogens is 2. The lowest BCUT2D eigenvalue weighted by molar-refractivity contribution is 0.215. The zero-order valence-corrected chi connectivity index (χ0v) is 14.5. The molecule has 3 nitrogen and oxygen atoms in total. The first-order valence-electron chi connectivity index (χ1n) is 8.55. The summed E-state index contributed by atoms with van der Waals surface area (Å²) in [7, 11) is 0. The summed E-state index contributed by atoms with van der Waals surface area (Å²) in [6, 6.07) is 3.38. The first-order valence-corrected chi connectivity index (χ1v) is 8.55. The smallest absolute Gasteiger partial charge is 0.275 e. The Balaban J connectivity index is 2.05. The maximum atomic E-state index is 14.3. The Bertz CT molecular complexity index is 909. The Labute approximate surface area is 139 Å². The molecule has 2 atom stereocenters. The van der Waals surface area contributed by atoms with Crippen molar-refractivity contribution in [1.82, 2.24) is 9.36 Å². The van der Waals surface area contributed by atoms with E-state index in [0.29, 0.717) is 6.54 Å². The SMILES string of the molecule is CCn1c2c(c(=O)n1-c1ccc(F)cc1F)C1CCC2(C)C1(C)C. The first kappa shape index (κ1) is 15.6. The maximum absolute atomic E-state index is 14.3. The Morgan fingerprint density at radius 3 is 2.58 bits per heavy atom. The third kappa shape index (κ3) is 1.58. The van der Waals surface area contributed by atoms with Crippen molar-refractivity contribution in [2.75, 3.05) is 0 Å². The van der Waals surface area contributed by atoms with Gasteiger partial charge in [0.2, 0.25) is 0 Å². The molecule has 2 unspecified atom stereocenters. The van der Waals surface area contributed by atoms with Crippen molar-refractivity contribution >= 4 is 0 Å². The number of aromatic nitrogens is 2. The Morgan fingerprint density at radius 2 is 1.96 bits per heavy atom. The van der Waals surface area contributed by atoms with Crippen molar-refractivity contribution in [2.45, 2.75) is 58.4 Å². The van der Waals surface area contributed by atoms with Crippen molar-refractivity contribution in [2.24, 2.45) is 5.41 Å². The van der Waals surface area contributed by atoms with Gasteiger partial charge < -0.3 is 0 Å². The lowest BCUT2D eigenvalue weighted by Crippen LogP contribution is -2.36. The van der Waals surface area contributed by atoms with E-state index >= 15 is 0 Å². The van der Waals surface area contributed by atoms with E-state index < -0.39 is 11.6 Å². The molecule has 0 amide bonds. The van der Waals surface area contributed by atoms with Crippen LogP contribution in [0.5, 0.6) is 0 Å². The molecule has 2 aliphatic rings. The maximum Gasteiger partial charge on any atom is 0.275 e. The van der Waals surface area contributed by atoms with Gasteiger partial charge in [0.25, 0.3) is 5.56 Å². The van der Waals surface area contributed by atoms with Crippen LogP contribution in [0.1, 0.15) is 57.7 Å². The topological polar surface area (TPSA) is 26.9 Å². The van der Waals surface area contributed by atoms with Crippen LogP contribution in [0.3, 0.4) is 0 Å². The third-order valence-electron chi connectivity index (χ3n) is 6.71. The molecule has 2 bridgehead atoms. The van der Waals surface area contributed by atoms with Crippen molar-refractivity contribution in [3.05, 3.63) is 51.4 Å². The van der Waals surface area contributed by atoms with E-state index in [0.717, 1.165) is 30.2 Å². The summed E-state index contributed by atoms with van der Waals surface area (Å²) < 4.78 is 30.9. The second-order valence-corrected chi connectivity index (χ2v) is 7.84. The molecule has 1 saturated carbocycles. The van der Waals surface area contributed by atoms with E-state index in [2.05, 4.69) is 20.8 Å². The van der Waals surface area contributed by atoms with Gasteiger partial charge in [0.15, 0.2) is 5.82 Å². The summed E-state index contributed by atoms with van der Waals surface area (Å²) in [5.74, 6) is -1.15. The number of benzene rings is 1. The van der Waals surface area contributed by atoms with Crippen LogP contribution in [-0.2, 0) is 12.0 Å². The highest BCUT2D eigenvalue weighted by Gasteiger charge is 2.62. The van der Waals surface area contributed by atoms with Gasteiger partial charge in [-0.3, -0.25) is 9.48 Å². The fraction of sp³-hybridized carbons (Fsp3) is 0.526. The minimum Gasteiger partial charge on any atom is -0.281 e. The van der Waals surface area contributed by atoms with Gasteiger partial charge >= 0.3 is 0 Å². The van der Waals surface area contributed by atoms with Crippen molar-refractivity contribution in [3.8, 4) is 5.69 Å². The number of fused-ring (bicyclic) bond motifs is 5. The van der Waals surface area contributed by atoms with E-state index in [1.165, 1.54) is 16.8 Å². The number of rotatable bonds is 2. The molecule has 5 heteroatoms. The molecule has 1 aromatic heterocycles. The normalized spacial score (nSPS) is 26.8. The third-order valence-corrected chi connectivity index (χ3v) is 6.71. The average molecular weight is 332 g/mol. The highest BCUT2D eigenvalue weighted by molar-refractivity contribution is 5.47. The highest BCUT2D eigenvalue weighted by Crippen LogP contribution is 2.67. The highest BCUT2D eigenvalue weighted by atomic mass is 19.1. The summed E-state index contributed by atoms with van der Waals surface area (Å²) in [5, 5.41) is 0. The van der Waals surface area contributed by atoms with E-state index in [-0.39, 0.29) is 28.0 Å². The fourth-order valence-electron chi connectivity index (χ4n) is 5.08. The molecule has 1 fully saturated rings. The van der Waals surface area contributed by atoms with Crippen LogP contribution in [0.25, 0.3) is 5.69 Å². The molecule has 1 aromatic carbocycles. The van der Waals surface area contributed by atoms with Crippen LogP contribution in [0.15, 0.2) is 23.0 Å². The van der Waals surface area contributed by atoms with Gasteiger partial charge in [0.1, 0.15) is 11.5 Å². The molecule has 0 aliphatic heterocycles. The van der Waals surface area contributed by atoms with Gasteiger partial charge in [-0.05, 0) is 43.2 Å². The molecule has 24 heavy (non-hydrogen) atoms. The van der Waals surface area contributed by atoms with Gasteiger partial charge in [0, 0.05) is 23.6 Å². The second kappa shape index (κ2) is 4.58. The van der Waals surface area contributed by atoms with Crippen LogP contribution >= 0.6 is 0 Å². The summed E-state index contributed by atoms with van der Waals surface area (Å²) in [5.41, 5.74) is 1.77. The molecule has 0 saturated heterocycles. The van der Waals surface area contributed by atoms with Crippen molar-refractivity contribution in [1.29, 1.82) is 0 Å². The summed E-state index contributed by atoms with van der Waals surface area (Å²) >= 11 is 0. The quantitative estimate of drug-likeness (QED) is 0.813. The lowest BCUT2D eigenvalue weighted by Gasteiger charge is -2.36. The largest absolute Gasteiger partial charge is 0.281 e. The standard InChI is InChI=1S/C19H22F2N2O/c1-5-22-16-15(12-8-9-19(16,4)18(12,2)3)17(24)23(22)14-7-6-11(20)10-13(14)21/h6-7,10,12H,5,8-9H2,1-4H3. The number of hydrogen-bond acceptors (Lipinski definition) is 1. The molecular weight excluding hydrogens is 310 g/mol.